The summed E-state index contributed by atoms with van der Waals surface area (Å²) in [4.78, 5) is 15.8. The number of amides is 1. The second-order valence-electron chi connectivity index (χ2n) is 7.36. The van der Waals surface area contributed by atoms with Crippen molar-refractivity contribution in [2.45, 2.75) is 26.5 Å². The molecule has 0 aliphatic carbocycles. The fourth-order valence-electron chi connectivity index (χ4n) is 2.62. The van der Waals surface area contributed by atoms with E-state index in [9.17, 15) is 13.2 Å². The van der Waals surface area contributed by atoms with Gasteiger partial charge in [-0.25, -0.2) is 8.42 Å². The van der Waals surface area contributed by atoms with Crippen molar-refractivity contribution in [1.82, 2.24) is 4.90 Å². The number of carbonyl (C=O) groups excluding carboxylic acids is 1. The van der Waals surface area contributed by atoms with Crippen LogP contribution in [0.2, 0.25) is 0 Å². The Bertz CT molecular complexity index is 908. The molecule has 29 heavy (non-hydrogen) atoms. The molecular weight excluding hydrogens is 390 g/mol. The molecule has 8 heteroatoms. The van der Waals surface area contributed by atoms with Gasteiger partial charge in [-0.1, -0.05) is 12.1 Å². The van der Waals surface area contributed by atoms with Crippen LogP contribution >= 0.6 is 0 Å². The van der Waals surface area contributed by atoms with E-state index < -0.39 is 21.7 Å². The summed E-state index contributed by atoms with van der Waals surface area (Å²) >= 11 is 0. The van der Waals surface area contributed by atoms with E-state index in [1.807, 2.05) is 57.1 Å². The van der Waals surface area contributed by atoms with E-state index in [-0.39, 0.29) is 6.10 Å². The third-order valence-corrected chi connectivity index (χ3v) is 5.28. The van der Waals surface area contributed by atoms with Crippen molar-refractivity contribution >= 4 is 27.3 Å². The van der Waals surface area contributed by atoms with Crippen LogP contribution in [0.4, 0.5) is 11.4 Å². The number of ether oxygens (including phenoxy) is 1. The smallest absolute Gasteiger partial charge is 0.241 e. The number of nitrogens with zero attached hydrogens (tertiary/aromatic N) is 2. The zero-order chi connectivity index (χ0) is 21.6. The summed E-state index contributed by atoms with van der Waals surface area (Å²) in [6.07, 6.45) is 0.0322. The predicted octanol–water partition coefficient (Wildman–Crippen LogP) is 2.94. The minimum Gasteiger partial charge on any atom is -0.491 e. The normalized spacial score (nSPS) is 11.2. The lowest BCUT2D eigenvalue weighted by atomic mass is 10.2. The quantitative estimate of drug-likeness (QED) is 0.676. The summed E-state index contributed by atoms with van der Waals surface area (Å²) in [5.41, 5.74) is 2.37. The first-order valence-corrected chi connectivity index (χ1v) is 11.0. The van der Waals surface area contributed by atoms with Gasteiger partial charge in [0.25, 0.3) is 0 Å². The maximum atomic E-state index is 12.4. The van der Waals surface area contributed by atoms with Gasteiger partial charge < -0.3 is 14.5 Å². The Balaban J connectivity index is 1.93. The lowest BCUT2D eigenvalue weighted by molar-refractivity contribution is -0.127. The molecule has 1 N–H and O–H groups in total. The monoisotopic (exact) mass is 419 g/mol. The molecule has 0 aromatic heterocycles. The molecule has 7 nitrogen and oxygen atoms in total. The van der Waals surface area contributed by atoms with Gasteiger partial charge in [0.2, 0.25) is 15.9 Å². The molecule has 0 saturated heterocycles. The van der Waals surface area contributed by atoms with Crippen LogP contribution in [0.15, 0.2) is 48.5 Å². The van der Waals surface area contributed by atoms with Crippen LogP contribution in [0.25, 0.3) is 0 Å². The second-order valence-corrected chi connectivity index (χ2v) is 9.09. The first-order chi connectivity index (χ1) is 13.6. The molecule has 2 aromatic rings. The lowest BCUT2D eigenvalue weighted by Gasteiger charge is -2.19. The van der Waals surface area contributed by atoms with Gasteiger partial charge in [0, 0.05) is 39.1 Å². The van der Waals surface area contributed by atoms with Gasteiger partial charge in [0.1, 0.15) is 11.5 Å². The van der Waals surface area contributed by atoms with Crippen LogP contribution in [-0.2, 0) is 21.4 Å². The highest BCUT2D eigenvalue weighted by Crippen LogP contribution is 2.18. The molecule has 0 bridgehead atoms. The van der Waals surface area contributed by atoms with E-state index in [0.717, 1.165) is 11.3 Å². The molecule has 0 atom stereocenters. The van der Waals surface area contributed by atoms with Crippen molar-refractivity contribution in [3.8, 4) is 5.75 Å². The average molecular weight is 420 g/mol. The summed E-state index contributed by atoms with van der Waals surface area (Å²) in [6, 6.07) is 14.3. The fraction of sp³-hybridized carbons (Fsp3) is 0.381. The minimum absolute atomic E-state index is 0.0322. The molecule has 158 valence electrons. The molecule has 0 unspecified atom stereocenters. The summed E-state index contributed by atoms with van der Waals surface area (Å²) in [6.45, 7) is 4.16. The number of anilines is 2. The molecule has 0 saturated carbocycles. The molecule has 0 aliphatic heterocycles. The number of carbonyl (C=O) groups is 1. The molecule has 0 spiro atoms. The highest BCUT2D eigenvalue weighted by molar-refractivity contribution is 7.93. The van der Waals surface area contributed by atoms with E-state index in [0.29, 0.717) is 18.0 Å². The third kappa shape index (κ3) is 7.30. The van der Waals surface area contributed by atoms with Gasteiger partial charge in [0.15, 0.2) is 0 Å². The van der Waals surface area contributed by atoms with Crippen LogP contribution in [-0.4, -0.2) is 52.2 Å². The van der Waals surface area contributed by atoms with E-state index >= 15 is 0 Å². The number of sulfonamides is 1. The minimum atomic E-state index is -3.81. The SMILES string of the molecule is CC(C)Oc1ccc(NS(=O)(=O)CC(=O)N(C)Cc2ccc(N(C)C)cc2)cc1. The average Bonchev–Trinajstić information content (AvgIpc) is 2.62. The van der Waals surface area contributed by atoms with Gasteiger partial charge in [-0.15, -0.1) is 0 Å². The first kappa shape index (κ1) is 22.5. The molecule has 0 radical (unpaired) electrons. The van der Waals surface area contributed by atoms with Gasteiger partial charge in [0.05, 0.1) is 6.10 Å². The maximum absolute atomic E-state index is 12.4. The van der Waals surface area contributed by atoms with Crippen molar-refractivity contribution in [2.24, 2.45) is 0 Å². The number of nitrogens with one attached hydrogen (secondary N) is 1. The summed E-state index contributed by atoms with van der Waals surface area (Å²) in [5, 5.41) is 0. The van der Waals surface area contributed by atoms with Gasteiger partial charge in [-0.05, 0) is 55.8 Å². The topological polar surface area (TPSA) is 78.9 Å². The van der Waals surface area contributed by atoms with Crippen molar-refractivity contribution in [3.63, 3.8) is 0 Å². The van der Waals surface area contributed by atoms with Gasteiger partial charge in [-0.3, -0.25) is 9.52 Å². The lowest BCUT2D eigenvalue weighted by Crippen LogP contribution is -2.34. The molecule has 2 aromatic carbocycles. The Kier molecular flexibility index (Phi) is 7.50. The number of benzene rings is 2. The largest absolute Gasteiger partial charge is 0.491 e. The van der Waals surface area contributed by atoms with Crippen LogP contribution in [0.1, 0.15) is 19.4 Å². The van der Waals surface area contributed by atoms with E-state index in [1.165, 1.54) is 4.90 Å². The van der Waals surface area contributed by atoms with Crippen molar-refractivity contribution in [1.29, 1.82) is 0 Å². The van der Waals surface area contributed by atoms with Crippen LogP contribution in [0, 0.1) is 0 Å². The highest BCUT2D eigenvalue weighted by Gasteiger charge is 2.20. The molecule has 1 amide bonds. The van der Waals surface area contributed by atoms with Crippen molar-refractivity contribution in [2.75, 3.05) is 36.5 Å². The molecule has 0 aliphatic rings. The molecule has 2 rings (SSSR count). The number of hydrogen-bond acceptors (Lipinski definition) is 5. The molecule has 0 fully saturated rings. The Morgan fingerprint density at radius 1 is 1.00 bits per heavy atom. The summed E-state index contributed by atoms with van der Waals surface area (Å²) in [7, 11) is 1.68. The Labute approximate surface area is 173 Å². The second kappa shape index (κ2) is 9.65. The molecular formula is C21H29N3O4S. The Morgan fingerprint density at radius 3 is 2.10 bits per heavy atom. The maximum Gasteiger partial charge on any atom is 0.241 e. The van der Waals surface area contributed by atoms with E-state index in [4.69, 9.17) is 4.74 Å². The molecule has 0 heterocycles. The van der Waals surface area contributed by atoms with Crippen LogP contribution < -0.4 is 14.4 Å². The van der Waals surface area contributed by atoms with E-state index in [2.05, 4.69) is 4.72 Å². The van der Waals surface area contributed by atoms with Crippen molar-refractivity contribution in [3.05, 3.63) is 54.1 Å². The van der Waals surface area contributed by atoms with Crippen LogP contribution in [0.5, 0.6) is 5.75 Å². The third-order valence-electron chi connectivity index (χ3n) is 4.11. The zero-order valence-corrected chi connectivity index (χ0v) is 18.4. The summed E-state index contributed by atoms with van der Waals surface area (Å²) in [5.74, 6) is -0.447. The van der Waals surface area contributed by atoms with Crippen molar-refractivity contribution < 1.29 is 17.9 Å². The fourth-order valence-corrected chi connectivity index (χ4v) is 3.74. The first-order valence-electron chi connectivity index (χ1n) is 9.33. The Morgan fingerprint density at radius 2 is 1.59 bits per heavy atom. The predicted molar refractivity (Wildman–Crippen MR) is 117 cm³/mol. The Hall–Kier alpha value is -2.74. The van der Waals surface area contributed by atoms with E-state index in [1.54, 1.807) is 31.3 Å². The zero-order valence-electron chi connectivity index (χ0n) is 17.5. The highest BCUT2D eigenvalue weighted by atomic mass is 32.2. The van der Waals surface area contributed by atoms with Gasteiger partial charge in [-0.2, -0.15) is 0 Å². The number of rotatable bonds is 9. The van der Waals surface area contributed by atoms with Crippen LogP contribution in [0.3, 0.4) is 0 Å². The number of hydrogen-bond donors (Lipinski definition) is 1. The van der Waals surface area contributed by atoms with Gasteiger partial charge >= 0.3 is 0 Å². The summed E-state index contributed by atoms with van der Waals surface area (Å²) < 4.78 is 32.7. The standard InChI is InChI=1S/C21H29N3O4S/c1-16(2)28-20-12-8-18(9-13-20)22-29(26,27)15-21(25)24(5)14-17-6-10-19(11-7-17)23(3)4/h6-13,16,22H,14-15H2,1-5H3.